The molecule has 0 unspecified atom stereocenters. The fourth-order valence-corrected chi connectivity index (χ4v) is 3.09. The SMILES string of the molecule is CC/C=C/C(=O)Nc1ccc2c3c(cccc13)C(=O)N2CCCC. The van der Waals surface area contributed by atoms with Gasteiger partial charge in [-0.2, -0.15) is 0 Å². The Morgan fingerprint density at radius 3 is 2.79 bits per heavy atom. The zero-order valence-electron chi connectivity index (χ0n) is 14.1. The number of anilines is 2. The largest absolute Gasteiger partial charge is 0.322 e. The van der Waals surface area contributed by atoms with E-state index >= 15 is 0 Å². The molecule has 2 aromatic carbocycles. The molecule has 0 saturated carbocycles. The number of hydrogen-bond donors (Lipinski definition) is 1. The van der Waals surface area contributed by atoms with Crippen LogP contribution in [0.5, 0.6) is 0 Å². The van der Waals surface area contributed by atoms with Crippen molar-refractivity contribution < 1.29 is 9.59 Å². The average Bonchev–Trinajstić information content (AvgIpc) is 2.87. The highest BCUT2D eigenvalue weighted by molar-refractivity contribution is 6.27. The summed E-state index contributed by atoms with van der Waals surface area (Å²) in [5.41, 5.74) is 2.41. The lowest BCUT2D eigenvalue weighted by atomic mass is 10.0. The Kier molecular flexibility index (Phi) is 4.65. The maximum atomic E-state index is 12.7. The first-order valence-electron chi connectivity index (χ1n) is 8.52. The van der Waals surface area contributed by atoms with E-state index < -0.39 is 0 Å². The molecule has 0 bridgehead atoms. The zero-order valence-corrected chi connectivity index (χ0v) is 14.1. The number of hydrogen-bond acceptors (Lipinski definition) is 2. The molecule has 0 spiro atoms. The summed E-state index contributed by atoms with van der Waals surface area (Å²) in [4.78, 5) is 26.5. The summed E-state index contributed by atoms with van der Waals surface area (Å²) in [5.74, 6) is -0.0943. The van der Waals surface area contributed by atoms with Gasteiger partial charge in [0.2, 0.25) is 5.91 Å². The van der Waals surface area contributed by atoms with Crippen molar-refractivity contribution in [3.63, 3.8) is 0 Å². The molecule has 0 radical (unpaired) electrons. The number of rotatable bonds is 6. The molecule has 24 heavy (non-hydrogen) atoms. The molecule has 1 aliphatic rings. The zero-order chi connectivity index (χ0) is 17.1. The van der Waals surface area contributed by atoms with Crippen molar-refractivity contribution in [3.8, 4) is 0 Å². The summed E-state index contributed by atoms with van der Waals surface area (Å²) in [6, 6.07) is 9.52. The summed E-state index contributed by atoms with van der Waals surface area (Å²) in [6.07, 6.45) is 6.20. The van der Waals surface area contributed by atoms with Gasteiger partial charge in [-0.05, 0) is 37.1 Å². The van der Waals surface area contributed by atoms with Gasteiger partial charge in [-0.1, -0.05) is 38.5 Å². The van der Waals surface area contributed by atoms with Gasteiger partial charge in [-0.25, -0.2) is 0 Å². The molecule has 0 saturated heterocycles. The Morgan fingerprint density at radius 2 is 2.04 bits per heavy atom. The van der Waals surface area contributed by atoms with Gasteiger partial charge in [0, 0.05) is 28.6 Å². The van der Waals surface area contributed by atoms with Crippen LogP contribution in [0.2, 0.25) is 0 Å². The minimum atomic E-state index is -0.148. The van der Waals surface area contributed by atoms with Crippen LogP contribution in [0.3, 0.4) is 0 Å². The third-order valence-corrected chi connectivity index (χ3v) is 4.28. The average molecular weight is 322 g/mol. The molecule has 1 N–H and O–H groups in total. The topological polar surface area (TPSA) is 49.4 Å². The number of amides is 2. The first kappa shape index (κ1) is 16.2. The van der Waals surface area contributed by atoms with Gasteiger partial charge < -0.3 is 10.2 Å². The number of carbonyl (C=O) groups is 2. The predicted octanol–water partition coefficient (Wildman–Crippen LogP) is 4.50. The number of unbranched alkanes of at least 4 members (excludes halogenated alkanes) is 1. The third-order valence-electron chi connectivity index (χ3n) is 4.28. The van der Waals surface area contributed by atoms with E-state index in [0.29, 0.717) is 0 Å². The van der Waals surface area contributed by atoms with E-state index in [2.05, 4.69) is 12.2 Å². The maximum absolute atomic E-state index is 12.7. The summed E-state index contributed by atoms with van der Waals surface area (Å²) >= 11 is 0. The van der Waals surface area contributed by atoms with Crippen LogP contribution in [0.4, 0.5) is 11.4 Å². The second-order valence-electron chi connectivity index (χ2n) is 5.97. The van der Waals surface area contributed by atoms with E-state index in [9.17, 15) is 9.59 Å². The molecular formula is C20H22N2O2. The fourth-order valence-electron chi connectivity index (χ4n) is 3.09. The standard InChI is InChI=1S/C20H22N2O2/c1-3-5-10-18(23)21-16-11-12-17-19-14(16)8-7-9-15(19)20(24)22(17)13-6-4-2/h5,7-12H,3-4,6,13H2,1-2H3,(H,21,23)/b10-5+. The van der Waals surface area contributed by atoms with E-state index in [1.165, 1.54) is 0 Å². The molecule has 4 nitrogen and oxygen atoms in total. The van der Waals surface area contributed by atoms with Crippen LogP contribution in [0.15, 0.2) is 42.5 Å². The van der Waals surface area contributed by atoms with Crippen molar-refractivity contribution in [2.24, 2.45) is 0 Å². The second kappa shape index (κ2) is 6.87. The van der Waals surface area contributed by atoms with Crippen LogP contribution in [0.25, 0.3) is 10.8 Å². The number of benzene rings is 2. The molecule has 0 fully saturated rings. The van der Waals surface area contributed by atoms with Crippen LogP contribution < -0.4 is 10.2 Å². The van der Waals surface area contributed by atoms with Gasteiger partial charge in [-0.15, -0.1) is 0 Å². The number of carbonyl (C=O) groups excluding carboxylic acids is 2. The van der Waals surface area contributed by atoms with E-state index in [1.54, 1.807) is 6.08 Å². The molecule has 1 heterocycles. The van der Waals surface area contributed by atoms with E-state index in [4.69, 9.17) is 0 Å². The number of nitrogens with one attached hydrogen (secondary N) is 1. The minimum absolute atomic E-state index is 0.0541. The lowest BCUT2D eigenvalue weighted by Crippen LogP contribution is -2.27. The normalized spacial score (nSPS) is 13.2. The first-order valence-corrected chi connectivity index (χ1v) is 8.52. The van der Waals surface area contributed by atoms with Crippen molar-refractivity contribution in [3.05, 3.63) is 48.0 Å². The predicted molar refractivity (Wildman–Crippen MR) is 98.6 cm³/mol. The highest BCUT2D eigenvalue weighted by Crippen LogP contribution is 2.40. The van der Waals surface area contributed by atoms with Crippen molar-refractivity contribution in [1.29, 1.82) is 0 Å². The Hall–Kier alpha value is -2.62. The second-order valence-corrected chi connectivity index (χ2v) is 5.97. The Balaban J connectivity index is 2.02. The first-order chi connectivity index (χ1) is 11.7. The molecular weight excluding hydrogens is 300 g/mol. The van der Waals surface area contributed by atoms with Crippen LogP contribution in [0, 0.1) is 0 Å². The smallest absolute Gasteiger partial charge is 0.258 e. The van der Waals surface area contributed by atoms with Gasteiger partial charge >= 0.3 is 0 Å². The quantitative estimate of drug-likeness (QED) is 0.796. The van der Waals surface area contributed by atoms with Crippen LogP contribution in [-0.2, 0) is 4.79 Å². The molecule has 0 aromatic heterocycles. The molecule has 0 aliphatic carbocycles. The maximum Gasteiger partial charge on any atom is 0.258 e. The number of allylic oxidation sites excluding steroid dienone is 1. The van der Waals surface area contributed by atoms with Crippen molar-refractivity contribution in [2.75, 3.05) is 16.8 Å². The highest BCUT2D eigenvalue weighted by Gasteiger charge is 2.29. The summed E-state index contributed by atoms with van der Waals surface area (Å²) < 4.78 is 0. The van der Waals surface area contributed by atoms with Crippen molar-refractivity contribution in [1.82, 2.24) is 0 Å². The number of nitrogens with zero attached hydrogens (tertiary/aromatic N) is 1. The van der Waals surface area contributed by atoms with E-state index in [1.807, 2.05) is 48.2 Å². The summed E-state index contributed by atoms with van der Waals surface area (Å²) in [6.45, 7) is 4.83. The minimum Gasteiger partial charge on any atom is -0.322 e. The van der Waals surface area contributed by atoms with Crippen molar-refractivity contribution >= 4 is 34.0 Å². The van der Waals surface area contributed by atoms with Gasteiger partial charge in [0.15, 0.2) is 0 Å². The highest BCUT2D eigenvalue weighted by atomic mass is 16.2. The van der Waals surface area contributed by atoms with E-state index in [-0.39, 0.29) is 11.8 Å². The molecule has 4 heteroatoms. The third kappa shape index (κ3) is 2.80. The monoisotopic (exact) mass is 322 g/mol. The van der Waals surface area contributed by atoms with Crippen LogP contribution >= 0.6 is 0 Å². The Labute approximate surface area is 142 Å². The van der Waals surface area contributed by atoms with Crippen LogP contribution in [-0.4, -0.2) is 18.4 Å². The Morgan fingerprint density at radius 1 is 1.21 bits per heavy atom. The molecule has 0 atom stereocenters. The molecule has 1 aliphatic heterocycles. The molecule has 2 amide bonds. The van der Waals surface area contributed by atoms with Gasteiger partial charge in [0.05, 0.1) is 5.69 Å². The van der Waals surface area contributed by atoms with Gasteiger partial charge in [-0.3, -0.25) is 9.59 Å². The molecule has 3 rings (SSSR count). The molecule has 124 valence electrons. The summed E-state index contributed by atoms with van der Waals surface area (Å²) in [7, 11) is 0. The fraction of sp³-hybridized carbons (Fsp3) is 0.300. The van der Waals surface area contributed by atoms with E-state index in [0.717, 1.165) is 53.5 Å². The van der Waals surface area contributed by atoms with Crippen LogP contribution in [0.1, 0.15) is 43.5 Å². The Bertz CT molecular complexity index is 824. The molecule has 2 aromatic rings. The lowest BCUT2D eigenvalue weighted by Gasteiger charge is -2.17. The lowest BCUT2D eigenvalue weighted by molar-refractivity contribution is -0.111. The van der Waals surface area contributed by atoms with Crippen molar-refractivity contribution in [2.45, 2.75) is 33.1 Å². The van der Waals surface area contributed by atoms with Gasteiger partial charge in [0.25, 0.3) is 5.91 Å². The summed E-state index contributed by atoms with van der Waals surface area (Å²) in [5, 5.41) is 4.77. The van der Waals surface area contributed by atoms with Gasteiger partial charge in [0.1, 0.15) is 0 Å².